The number of hydrogen-bond donors (Lipinski definition) is 1. The summed E-state index contributed by atoms with van der Waals surface area (Å²) in [5, 5.41) is 6.09. The third-order valence-electron chi connectivity index (χ3n) is 7.66. The first kappa shape index (κ1) is 26.6. The lowest BCUT2D eigenvalue weighted by Gasteiger charge is -2.55. The Labute approximate surface area is 228 Å². The quantitative estimate of drug-likeness (QED) is 0.634. The van der Waals surface area contributed by atoms with Crippen molar-refractivity contribution in [1.29, 1.82) is 0 Å². The molecule has 8 nitrogen and oxygen atoms in total. The number of alkyl halides is 1. The molecule has 0 saturated carbocycles. The topological polar surface area (TPSA) is 76.2 Å². The number of carbonyl (C=O) groups excluding carboxylic acids is 3. The van der Waals surface area contributed by atoms with Crippen LogP contribution in [0.3, 0.4) is 0 Å². The SMILES string of the molecule is C[C@@H](c1ccccc1)N1CC2N(C(=O)CN(C)N2C(=O)NCC2=CCCC(F)C=C2)[C@@H](c2ccccc2)C1=O. The molecule has 39 heavy (non-hydrogen) atoms. The van der Waals surface area contributed by atoms with Crippen molar-refractivity contribution in [3.8, 4) is 0 Å². The summed E-state index contributed by atoms with van der Waals surface area (Å²) in [7, 11) is 1.70. The number of amides is 4. The highest BCUT2D eigenvalue weighted by Gasteiger charge is 2.52. The summed E-state index contributed by atoms with van der Waals surface area (Å²) >= 11 is 0. The van der Waals surface area contributed by atoms with E-state index in [4.69, 9.17) is 0 Å². The molecule has 2 saturated heterocycles. The molecule has 2 fully saturated rings. The number of fused-ring (bicyclic) bond motifs is 1. The fourth-order valence-electron chi connectivity index (χ4n) is 5.59. The van der Waals surface area contributed by atoms with Crippen molar-refractivity contribution in [2.24, 2.45) is 0 Å². The lowest BCUT2D eigenvalue weighted by Crippen LogP contribution is -2.74. The molecule has 204 valence electrons. The molecule has 3 aliphatic rings. The van der Waals surface area contributed by atoms with Gasteiger partial charge in [0.1, 0.15) is 18.4 Å². The molecular weight excluding hydrogens is 497 g/mol. The molecule has 2 aromatic carbocycles. The second kappa shape index (κ2) is 11.4. The van der Waals surface area contributed by atoms with Crippen LogP contribution in [-0.4, -0.2) is 76.7 Å². The van der Waals surface area contributed by atoms with Crippen LogP contribution in [0.4, 0.5) is 9.18 Å². The number of hydrogen-bond acceptors (Lipinski definition) is 4. The molecule has 2 heterocycles. The molecule has 0 aromatic heterocycles. The first-order valence-corrected chi connectivity index (χ1v) is 13.4. The van der Waals surface area contributed by atoms with E-state index in [1.165, 1.54) is 11.1 Å². The lowest BCUT2D eigenvalue weighted by atomic mass is 9.96. The highest BCUT2D eigenvalue weighted by molar-refractivity contribution is 5.92. The third-order valence-corrected chi connectivity index (χ3v) is 7.66. The minimum atomic E-state index is -0.991. The molecule has 1 aliphatic carbocycles. The molecule has 4 atom stereocenters. The Balaban J connectivity index is 1.47. The monoisotopic (exact) mass is 531 g/mol. The zero-order valence-corrected chi connectivity index (χ0v) is 22.2. The predicted molar refractivity (Wildman–Crippen MR) is 146 cm³/mol. The van der Waals surface area contributed by atoms with E-state index in [-0.39, 0.29) is 43.5 Å². The molecule has 2 aromatic rings. The van der Waals surface area contributed by atoms with Crippen LogP contribution in [0.25, 0.3) is 0 Å². The molecule has 0 radical (unpaired) electrons. The van der Waals surface area contributed by atoms with Gasteiger partial charge < -0.3 is 15.1 Å². The van der Waals surface area contributed by atoms with Gasteiger partial charge in [0.15, 0.2) is 0 Å². The van der Waals surface area contributed by atoms with E-state index >= 15 is 0 Å². The zero-order valence-electron chi connectivity index (χ0n) is 22.2. The van der Waals surface area contributed by atoms with Gasteiger partial charge in [-0.3, -0.25) is 9.59 Å². The number of rotatable bonds is 5. The van der Waals surface area contributed by atoms with E-state index in [2.05, 4.69) is 5.32 Å². The summed E-state index contributed by atoms with van der Waals surface area (Å²) in [6.45, 7) is 2.32. The molecule has 0 spiro atoms. The van der Waals surface area contributed by atoms with E-state index < -0.39 is 18.4 Å². The van der Waals surface area contributed by atoms with Crippen molar-refractivity contribution in [1.82, 2.24) is 25.1 Å². The molecular formula is C30H34FN5O3. The Morgan fingerprint density at radius 3 is 2.49 bits per heavy atom. The van der Waals surface area contributed by atoms with Crippen LogP contribution in [0.15, 0.2) is 84.5 Å². The number of likely N-dealkylation sites (N-methyl/N-ethyl adjacent to an activating group) is 1. The van der Waals surface area contributed by atoms with E-state index in [9.17, 15) is 18.8 Å². The van der Waals surface area contributed by atoms with Gasteiger partial charge >= 0.3 is 6.03 Å². The van der Waals surface area contributed by atoms with Crippen molar-refractivity contribution in [2.45, 2.75) is 44.2 Å². The summed E-state index contributed by atoms with van der Waals surface area (Å²) in [6, 6.07) is 17.5. The van der Waals surface area contributed by atoms with Crippen molar-refractivity contribution in [3.05, 3.63) is 95.6 Å². The number of allylic oxidation sites excluding steroid dienone is 2. The molecule has 5 rings (SSSR count). The Morgan fingerprint density at radius 2 is 1.77 bits per heavy atom. The van der Waals surface area contributed by atoms with E-state index in [0.29, 0.717) is 18.4 Å². The lowest BCUT2D eigenvalue weighted by molar-refractivity contribution is -0.189. The first-order valence-electron chi connectivity index (χ1n) is 13.4. The normalized spacial score (nSPS) is 24.6. The van der Waals surface area contributed by atoms with Crippen molar-refractivity contribution >= 4 is 17.8 Å². The number of urea groups is 1. The van der Waals surface area contributed by atoms with Crippen LogP contribution in [0.1, 0.15) is 43.0 Å². The smallest absolute Gasteiger partial charge is 0.333 e. The number of nitrogens with zero attached hydrogens (tertiary/aromatic N) is 4. The van der Waals surface area contributed by atoms with Crippen LogP contribution < -0.4 is 5.32 Å². The third kappa shape index (κ3) is 5.45. The van der Waals surface area contributed by atoms with Gasteiger partial charge in [-0.2, -0.15) is 0 Å². The zero-order chi connectivity index (χ0) is 27.5. The average molecular weight is 532 g/mol. The summed E-state index contributed by atoms with van der Waals surface area (Å²) in [6.07, 6.45) is 4.47. The Kier molecular flexibility index (Phi) is 7.79. The Bertz CT molecular complexity index is 1270. The minimum Gasteiger partial charge on any atom is -0.333 e. The summed E-state index contributed by atoms with van der Waals surface area (Å²) in [5.41, 5.74) is 2.50. The maximum Gasteiger partial charge on any atom is 0.334 e. The summed E-state index contributed by atoms with van der Waals surface area (Å²) in [4.78, 5) is 44.5. The van der Waals surface area contributed by atoms with Gasteiger partial charge in [-0.15, -0.1) is 0 Å². The van der Waals surface area contributed by atoms with E-state index in [1.54, 1.807) is 27.9 Å². The standard InChI is InChI=1S/C30H34FN5O3/c1-21(23-11-5-3-6-12-23)34-19-26-35(28(29(34)38)24-13-7-4-8-14-24)27(37)20-33(2)36(26)30(39)32-18-22-10-9-15-25(31)17-16-22/h3-8,10-14,16-17,21,25-26,28H,9,15,18-20H2,1-2H3,(H,32,39)/t21-,25?,26?,28-/m0/s1. The summed E-state index contributed by atoms with van der Waals surface area (Å²) < 4.78 is 13.7. The largest absolute Gasteiger partial charge is 0.334 e. The number of halogens is 1. The summed E-state index contributed by atoms with van der Waals surface area (Å²) in [5.74, 6) is -0.397. The van der Waals surface area contributed by atoms with Crippen molar-refractivity contribution < 1.29 is 18.8 Å². The number of carbonyl (C=O) groups is 3. The van der Waals surface area contributed by atoms with Crippen molar-refractivity contribution in [3.63, 3.8) is 0 Å². The molecule has 2 aliphatic heterocycles. The predicted octanol–water partition coefficient (Wildman–Crippen LogP) is 3.97. The van der Waals surface area contributed by atoms with Gasteiger partial charge in [-0.1, -0.05) is 78.9 Å². The van der Waals surface area contributed by atoms with E-state index in [1.807, 2.05) is 73.7 Å². The number of piperazine rings is 1. The first-order chi connectivity index (χ1) is 18.8. The van der Waals surface area contributed by atoms with Crippen LogP contribution in [0.2, 0.25) is 0 Å². The highest BCUT2D eigenvalue weighted by atomic mass is 19.1. The average Bonchev–Trinajstić information content (AvgIpc) is 3.16. The van der Waals surface area contributed by atoms with Gasteiger partial charge in [-0.25, -0.2) is 19.2 Å². The van der Waals surface area contributed by atoms with Gasteiger partial charge in [-0.05, 0) is 36.5 Å². The molecule has 1 N–H and O–H groups in total. The van der Waals surface area contributed by atoms with Gasteiger partial charge in [0.2, 0.25) is 5.91 Å². The Hall–Kier alpha value is -3.98. The van der Waals surface area contributed by atoms with Crippen LogP contribution in [0.5, 0.6) is 0 Å². The fourth-order valence-corrected chi connectivity index (χ4v) is 5.59. The maximum atomic E-state index is 14.0. The second-order valence-corrected chi connectivity index (χ2v) is 10.2. The number of benzene rings is 2. The minimum absolute atomic E-state index is 0.0408. The van der Waals surface area contributed by atoms with Crippen molar-refractivity contribution in [2.75, 3.05) is 26.7 Å². The van der Waals surface area contributed by atoms with Gasteiger partial charge in [0.25, 0.3) is 5.91 Å². The second-order valence-electron chi connectivity index (χ2n) is 10.2. The molecule has 9 heteroatoms. The molecule has 0 bridgehead atoms. The van der Waals surface area contributed by atoms with Crippen LogP contribution >= 0.6 is 0 Å². The Morgan fingerprint density at radius 1 is 1.08 bits per heavy atom. The van der Waals surface area contributed by atoms with Gasteiger partial charge in [0, 0.05) is 13.6 Å². The number of hydrazine groups is 1. The molecule has 2 unspecified atom stereocenters. The van der Waals surface area contributed by atoms with Gasteiger partial charge in [0.05, 0.1) is 19.1 Å². The highest BCUT2D eigenvalue weighted by Crippen LogP contribution is 2.37. The number of nitrogens with one attached hydrogen (secondary N) is 1. The van der Waals surface area contributed by atoms with Crippen LogP contribution in [-0.2, 0) is 9.59 Å². The maximum absolute atomic E-state index is 14.0. The molecule has 4 amide bonds. The van der Waals surface area contributed by atoms with Crippen LogP contribution in [0, 0.1) is 0 Å². The fraction of sp³-hybridized carbons (Fsp3) is 0.367. The van der Waals surface area contributed by atoms with E-state index in [0.717, 1.165) is 11.1 Å².